The zero-order chi connectivity index (χ0) is 15.0. The lowest BCUT2D eigenvalue weighted by Crippen LogP contribution is -2.38. The van der Waals surface area contributed by atoms with Crippen LogP contribution < -0.4 is 5.73 Å². The molecule has 20 heavy (non-hydrogen) atoms. The molecular formula is C16H27FN2O. The highest BCUT2D eigenvalue weighted by Gasteiger charge is 2.16. The molecule has 1 unspecified atom stereocenters. The maximum Gasteiger partial charge on any atom is 0.123 e. The Labute approximate surface area is 121 Å². The summed E-state index contributed by atoms with van der Waals surface area (Å²) in [6, 6.07) is 6.79. The Morgan fingerprint density at radius 2 is 1.95 bits per heavy atom. The maximum atomic E-state index is 13.2. The number of nitrogens with zero attached hydrogens (tertiary/aromatic N) is 1. The molecule has 0 aromatic heterocycles. The molecule has 0 aliphatic heterocycles. The number of hydrogen-bond donors (Lipinski definition) is 2. The Morgan fingerprint density at radius 1 is 1.25 bits per heavy atom. The number of nitrogens with two attached hydrogens (primary N) is 1. The molecule has 0 spiro atoms. The first kappa shape index (κ1) is 17.1. The summed E-state index contributed by atoms with van der Waals surface area (Å²) in [4.78, 5) is 2.28. The van der Waals surface area contributed by atoms with Gasteiger partial charge >= 0.3 is 0 Å². The summed E-state index contributed by atoms with van der Waals surface area (Å²) < 4.78 is 13.2. The Balaban J connectivity index is 2.58. The van der Waals surface area contributed by atoms with Crippen LogP contribution >= 0.6 is 0 Å². The molecule has 3 N–H and O–H groups in total. The second kappa shape index (κ2) is 9.06. The topological polar surface area (TPSA) is 49.5 Å². The molecule has 114 valence electrons. The number of halogens is 1. The molecule has 0 bridgehead atoms. The molecule has 1 atom stereocenters. The third-order valence-electron chi connectivity index (χ3n) is 3.85. The van der Waals surface area contributed by atoms with Gasteiger partial charge in [-0.15, -0.1) is 0 Å². The number of hydrogen-bond acceptors (Lipinski definition) is 3. The van der Waals surface area contributed by atoms with Crippen molar-refractivity contribution in [3.63, 3.8) is 0 Å². The molecule has 0 saturated carbocycles. The van der Waals surface area contributed by atoms with Gasteiger partial charge in [0.15, 0.2) is 0 Å². The van der Waals surface area contributed by atoms with Crippen molar-refractivity contribution in [3.05, 3.63) is 35.6 Å². The van der Waals surface area contributed by atoms with Gasteiger partial charge in [-0.1, -0.05) is 26.0 Å². The van der Waals surface area contributed by atoms with Crippen LogP contribution in [0.15, 0.2) is 24.3 Å². The van der Waals surface area contributed by atoms with E-state index in [0.717, 1.165) is 31.4 Å². The van der Waals surface area contributed by atoms with Gasteiger partial charge in [-0.3, -0.25) is 4.90 Å². The average Bonchev–Trinajstić information content (AvgIpc) is 2.45. The fraction of sp³-hybridized carbons (Fsp3) is 0.625. The van der Waals surface area contributed by atoms with E-state index in [-0.39, 0.29) is 18.5 Å². The first-order chi connectivity index (χ1) is 9.62. The van der Waals surface area contributed by atoms with Crippen LogP contribution in [0.4, 0.5) is 4.39 Å². The molecule has 0 radical (unpaired) electrons. The summed E-state index contributed by atoms with van der Waals surface area (Å²) >= 11 is 0. The third kappa shape index (κ3) is 5.19. The minimum Gasteiger partial charge on any atom is -0.395 e. The summed E-state index contributed by atoms with van der Waals surface area (Å²) in [5.41, 5.74) is 6.97. The number of aliphatic hydroxyl groups is 1. The van der Waals surface area contributed by atoms with E-state index in [4.69, 9.17) is 5.73 Å². The van der Waals surface area contributed by atoms with Crippen molar-refractivity contribution in [1.82, 2.24) is 4.90 Å². The van der Waals surface area contributed by atoms with E-state index >= 15 is 0 Å². The molecule has 0 heterocycles. The fourth-order valence-electron chi connectivity index (χ4n) is 2.62. The molecule has 0 saturated heterocycles. The highest BCUT2D eigenvalue weighted by Crippen LogP contribution is 2.17. The summed E-state index contributed by atoms with van der Waals surface area (Å²) in [5.74, 6) is -0.245. The SMILES string of the molecule is CCC(CC)N(CCO)CCC(N)c1cccc(F)c1. The Bertz CT molecular complexity index is 382. The van der Waals surface area contributed by atoms with E-state index in [1.165, 1.54) is 12.1 Å². The van der Waals surface area contributed by atoms with Crippen LogP contribution in [0.5, 0.6) is 0 Å². The van der Waals surface area contributed by atoms with Crippen LogP contribution in [0.25, 0.3) is 0 Å². The van der Waals surface area contributed by atoms with Crippen molar-refractivity contribution in [2.45, 2.75) is 45.2 Å². The Hall–Kier alpha value is -0.970. The summed E-state index contributed by atoms with van der Waals surface area (Å²) in [5, 5.41) is 9.17. The quantitative estimate of drug-likeness (QED) is 0.732. The normalized spacial score (nSPS) is 13.2. The predicted molar refractivity (Wildman–Crippen MR) is 81.0 cm³/mol. The molecule has 1 aromatic carbocycles. The van der Waals surface area contributed by atoms with E-state index in [2.05, 4.69) is 18.7 Å². The molecule has 3 nitrogen and oxygen atoms in total. The van der Waals surface area contributed by atoms with Gasteiger partial charge in [0.05, 0.1) is 6.61 Å². The minimum absolute atomic E-state index is 0.158. The highest BCUT2D eigenvalue weighted by molar-refractivity contribution is 5.19. The van der Waals surface area contributed by atoms with Gasteiger partial charge in [-0.05, 0) is 37.0 Å². The third-order valence-corrected chi connectivity index (χ3v) is 3.85. The van der Waals surface area contributed by atoms with Crippen LogP contribution in [-0.4, -0.2) is 35.7 Å². The van der Waals surface area contributed by atoms with Gasteiger partial charge in [0, 0.05) is 25.2 Å². The summed E-state index contributed by atoms with van der Waals surface area (Å²) in [6.45, 7) is 5.97. The van der Waals surface area contributed by atoms with Gasteiger partial charge in [-0.25, -0.2) is 4.39 Å². The van der Waals surface area contributed by atoms with Crippen LogP contribution in [0.1, 0.15) is 44.7 Å². The van der Waals surface area contributed by atoms with Crippen LogP contribution in [0, 0.1) is 5.82 Å². The summed E-state index contributed by atoms with van der Waals surface area (Å²) in [7, 11) is 0. The van der Waals surface area contributed by atoms with E-state index in [0.29, 0.717) is 12.6 Å². The van der Waals surface area contributed by atoms with Crippen LogP contribution in [0.2, 0.25) is 0 Å². The van der Waals surface area contributed by atoms with Crippen molar-refractivity contribution in [3.8, 4) is 0 Å². The second-order valence-corrected chi connectivity index (χ2v) is 5.18. The van der Waals surface area contributed by atoms with E-state index < -0.39 is 0 Å². The smallest absolute Gasteiger partial charge is 0.123 e. The zero-order valence-corrected chi connectivity index (χ0v) is 12.6. The number of aliphatic hydroxyl groups excluding tert-OH is 1. The maximum absolute atomic E-state index is 13.2. The first-order valence-electron chi connectivity index (χ1n) is 7.48. The number of rotatable bonds is 9. The molecular weight excluding hydrogens is 255 g/mol. The predicted octanol–water partition coefficient (Wildman–Crippen LogP) is 2.70. The molecule has 1 rings (SSSR count). The van der Waals surface area contributed by atoms with Gasteiger partial charge < -0.3 is 10.8 Å². The van der Waals surface area contributed by atoms with Crippen molar-refractivity contribution in [2.75, 3.05) is 19.7 Å². The average molecular weight is 282 g/mol. The lowest BCUT2D eigenvalue weighted by atomic mass is 10.0. The first-order valence-corrected chi connectivity index (χ1v) is 7.48. The lowest BCUT2D eigenvalue weighted by molar-refractivity contribution is 0.139. The Morgan fingerprint density at radius 3 is 2.50 bits per heavy atom. The Kier molecular flexibility index (Phi) is 7.73. The summed E-state index contributed by atoms with van der Waals surface area (Å²) in [6.07, 6.45) is 2.89. The zero-order valence-electron chi connectivity index (χ0n) is 12.6. The standard InChI is InChI=1S/C16H27FN2O/c1-3-15(4-2)19(10-11-20)9-8-16(18)13-6-5-7-14(17)12-13/h5-7,12,15-16,20H,3-4,8-11,18H2,1-2H3. The lowest BCUT2D eigenvalue weighted by Gasteiger charge is -2.30. The molecule has 1 aromatic rings. The van der Waals surface area contributed by atoms with Crippen LogP contribution in [0.3, 0.4) is 0 Å². The van der Waals surface area contributed by atoms with E-state index in [1.807, 2.05) is 6.07 Å². The van der Waals surface area contributed by atoms with E-state index in [1.54, 1.807) is 6.07 Å². The second-order valence-electron chi connectivity index (χ2n) is 5.18. The van der Waals surface area contributed by atoms with Crippen molar-refractivity contribution in [2.24, 2.45) is 5.73 Å². The van der Waals surface area contributed by atoms with Crippen LogP contribution in [-0.2, 0) is 0 Å². The van der Waals surface area contributed by atoms with Crippen molar-refractivity contribution < 1.29 is 9.50 Å². The van der Waals surface area contributed by atoms with E-state index in [9.17, 15) is 9.50 Å². The molecule has 0 aliphatic rings. The molecule has 0 fully saturated rings. The van der Waals surface area contributed by atoms with Crippen molar-refractivity contribution in [1.29, 1.82) is 0 Å². The minimum atomic E-state index is -0.245. The molecule has 0 amide bonds. The fourth-order valence-corrected chi connectivity index (χ4v) is 2.62. The molecule has 0 aliphatic carbocycles. The van der Waals surface area contributed by atoms with Gasteiger partial charge in [0.2, 0.25) is 0 Å². The number of benzene rings is 1. The van der Waals surface area contributed by atoms with Crippen molar-refractivity contribution >= 4 is 0 Å². The molecule has 4 heteroatoms. The monoisotopic (exact) mass is 282 g/mol. The van der Waals surface area contributed by atoms with Gasteiger partial charge in [-0.2, -0.15) is 0 Å². The highest BCUT2D eigenvalue weighted by atomic mass is 19.1. The largest absolute Gasteiger partial charge is 0.395 e. The van der Waals surface area contributed by atoms with Gasteiger partial charge in [0.1, 0.15) is 5.82 Å². The van der Waals surface area contributed by atoms with Gasteiger partial charge in [0.25, 0.3) is 0 Å².